The van der Waals surface area contributed by atoms with Gasteiger partial charge in [-0.05, 0) is 22.0 Å². The largest absolute Gasteiger partial charge is 0.506 e. The van der Waals surface area contributed by atoms with E-state index >= 15 is 0 Å². The minimum Gasteiger partial charge on any atom is -0.506 e. The fraction of sp³-hybridized carbons (Fsp3) is 0. The van der Waals surface area contributed by atoms with Crippen molar-refractivity contribution in [3.63, 3.8) is 0 Å². The van der Waals surface area contributed by atoms with Crippen LogP contribution in [0, 0.1) is 17.1 Å². The normalized spacial score (nSPS) is 10.5. The van der Waals surface area contributed by atoms with E-state index < -0.39 is 22.7 Å². The average Bonchev–Trinajstić information content (AvgIpc) is 2.29. The molecule has 0 aliphatic carbocycles. The molecule has 17 heavy (non-hydrogen) atoms. The van der Waals surface area contributed by atoms with Crippen LogP contribution >= 0.6 is 27.5 Å². The molecular weight excluding hydrogens is 314 g/mol. The molecule has 0 saturated heterocycles. The number of nitrogens with one attached hydrogen (secondary N) is 1. The Morgan fingerprint density at radius 2 is 2.24 bits per heavy atom. The summed E-state index contributed by atoms with van der Waals surface area (Å²) < 4.78 is 13.7. The van der Waals surface area contributed by atoms with Crippen LogP contribution in [0.25, 0.3) is 10.9 Å². The van der Waals surface area contributed by atoms with Crippen molar-refractivity contribution in [1.29, 1.82) is 5.26 Å². The highest BCUT2D eigenvalue weighted by Gasteiger charge is 2.17. The lowest BCUT2D eigenvalue weighted by Crippen LogP contribution is -2.11. The highest BCUT2D eigenvalue weighted by atomic mass is 79.9. The number of hydrogen-bond donors (Lipinski definition) is 2. The number of nitriles is 1. The Balaban J connectivity index is 3.09. The number of H-pyrrole nitrogens is 1. The minimum atomic E-state index is -0.856. The Hall–Kier alpha value is -1.58. The van der Waals surface area contributed by atoms with Crippen LogP contribution in [0.1, 0.15) is 5.56 Å². The Kier molecular flexibility index (Phi) is 2.81. The van der Waals surface area contributed by atoms with E-state index in [1.165, 1.54) is 12.1 Å². The predicted octanol–water partition coefficient (Wildman–Crippen LogP) is 2.66. The van der Waals surface area contributed by atoms with Crippen molar-refractivity contribution < 1.29 is 9.50 Å². The van der Waals surface area contributed by atoms with Crippen molar-refractivity contribution in [3.05, 3.63) is 37.3 Å². The molecule has 2 aromatic rings. The maximum atomic E-state index is 13.8. The highest BCUT2D eigenvalue weighted by Crippen LogP contribution is 2.35. The first-order chi connectivity index (χ1) is 7.97. The van der Waals surface area contributed by atoms with Gasteiger partial charge >= 0.3 is 0 Å². The fourth-order valence-corrected chi connectivity index (χ4v) is 1.93. The van der Waals surface area contributed by atoms with Crippen molar-refractivity contribution >= 4 is 38.4 Å². The van der Waals surface area contributed by atoms with Gasteiger partial charge in [-0.15, -0.1) is 0 Å². The molecule has 0 saturated carbocycles. The van der Waals surface area contributed by atoms with Gasteiger partial charge in [0.25, 0.3) is 5.56 Å². The van der Waals surface area contributed by atoms with Crippen LogP contribution in [0.2, 0.25) is 5.02 Å². The monoisotopic (exact) mass is 316 g/mol. The molecule has 0 aliphatic rings. The number of rotatable bonds is 0. The second-order valence-corrected chi connectivity index (χ2v) is 4.40. The average molecular weight is 318 g/mol. The van der Waals surface area contributed by atoms with Gasteiger partial charge in [0, 0.05) is 5.39 Å². The number of pyridine rings is 1. The SMILES string of the molecule is N#Cc1c(O)c2cc(Cl)c(Br)c(F)c2[nH]c1=O. The highest BCUT2D eigenvalue weighted by molar-refractivity contribution is 9.10. The molecule has 86 valence electrons. The molecule has 0 unspecified atom stereocenters. The summed E-state index contributed by atoms with van der Waals surface area (Å²) in [7, 11) is 0. The third-order valence-electron chi connectivity index (χ3n) is 2.23. The first kappa shape index (κ1) is 11.9. The molecule has 0 radical (unpaired) electrons. The van der Waals surface area contributed by atoms with E-state index in [2.05, 4.69) is 20.9 Å². The maximum Gasteiger partial charge on any atom is 0.270 e. The number of nitrogens with zero attached hydrogens (tertiary/aromatic N) is 1. The van der Waals surface area contributed by atoms with E-state index in [0.717, 1.165) is 0 Å². The van der Waals surface area contributed by atoms with Gasteiger partial charge in [-0.2, -0.15) is 5.26 Å². The van der Waals surface area contributed by atoms with E-state index in [1.807, 2.05) is 0 Å². The molecule has 0 bridgehead atoms. The van der Waals surface area contributed by atoms with Crippen LogP contribution in [-0.2, 0) is 0 Å². The van der Waals surface area contributed by atoms with Crippen LogP contribution in [-0.4, -0.2) is 10.1 Å². The summed E-state index contributed by atoms with van der Waals surface area (Å²) in [6, 6.07) is 2.80. The zero-order valence-corrected chi connectivity index (χ0v) is 10.4. The minimum absolute atomic E-state index is 0.0214. The molecule has 7 heteroatoms. The second-order valence-electron chi connectivity index (χ2n) is 3.20. The summed E-state index contributed by atoms with van der Waals surface area (Å²) in [5.41, 5.74) is -1.54. The first-order valence-electron chi connectivity index (χ1n) is 4.30. The Morgan fingerprint density at radius 1 is 1.59 bits per heavy atom. The summed E-state index contributed by atoms with van der Waals surface area (Å²) in [5.74, 6) is -1.39. The molecule has 1 aromatic heterocycles. The quantitative estimate of drug-likeness (QED) is 0.733. The summed E-state index contributed by atoms with van der Waals surface area (Å²) in [6.45, 7) is 0. The Morgan fingerprint density at radius 3 is 2.82 bits per heavy atom. The molecule has 0 spiro atoms. The number of halogens is 3. The molecule has 0 amide bonds. The second kappa shape index (κ2) is 4.02. The predicted molar refractivity (Wildman–Crippen MR) is 63.6 cm³/mol. The van der Waals surface area contributed by atoms with E-state index in [-0.39, 0.29) is 20.4 Å². The molecule has 0 fully saturated rings. The summed E-state index contributed by atoms with van der Waals surface area (Å²) in [4.78, 5) is 13.6. The topological polar surface area (TPSA) is 76.9 Å². The number of hydrogen-bond acceptors (Lipinski definition) is 3. The van der Waals surface area contributed by atoms with Gasteiger partial charge in [-0.25, -0.2) is 4.39 Å². The lowest BCUT2D eigenvalue weighted by Gasteiger charge is -2.06. The summed E-state index contributed by atoms with van der Waals surface area (Å²) in [6.07, 6.45) is 0. The molecule has 0 atom stereocenters. The van der Waals surface area contributed by atoms with E-state index in [9.17, 15) is 14.3 Å². The first-order valence-corrected chi connectivity index (χ1v) is 5.47. The molecule has 1 aromatic carbocycles. The molecule has 2 N–H and O–H groups in total. The Labute approximate surface area is 107 Å². The molecular formula is C10H3BrClFN2O2. The number of fused-ring (bicyclic) bond motifs is 1. The number of benzene rings is 1. The molecule has 2 rings (SSSR count). The van der Waals surface area contributed by atoms with Gasteiger partial charge in [0.15, 0.2) is 11.4 Å². The standard InChI is InChI=1S/C10H3BrClFN2O2/c11-6-5(12)1-3-8(7(6)13)15-10(17)4(2-14)9(3)16/h1H,(H2,15,16,17). The zero-order valence-electron chi connectivity index (χ0n) is 8.01. The van der Waals surface area contributed by atoms with Gasteiger partial charge in [-0.3, -0.25) is 4.79 Å². The molecule has 1 heterocycles. The van der Waals surface area contributed by atoms with E-state index in [4.69, 9.17) is 16.9 Å². The Bertz CT molecular complexity index is 736. The summed E-state index contributed by atoms with van der Waals surface area (Å²) in [5, 5.41) is 18.4. The lowest BCUT2D eigenvalue weighted by atomic mass is 10.1. The van der Waals surface area contributed by atoms with Gasteiger partial charge in [-0.1, -0.05) is 11.6 Å². The zero-order chi connectivity index (χ0) is 12.7. The van der Waals surface area contributed by atoms with Gasteiger partial charge in [0.05, 0.1) is 15.0 Å². The van der Waals surface area contributed by atoms with Crippen molar-refractivity contribution in [2.75, 3.05) is 0 Å². The fourth-order valence-electron chi connectivity index (χ4n) is 1.43. The van der Waals surface area contributed by atoms with Crippen molar-refractivity contribution in [2.45, 2.75) is 0 Å². The van der Waals surface area contributed by atoms with E-state index in [1.54, 1.807) is 0 Å². The van der Waals surface area contributed by atoms with Crippen LogP contribution in [0.15, 0.2) is 15.3 Å². The third-order valence-corrected chi connectivity index (χ3v) is 3.53. The lowest BCUT2D eigenvalue weighted by molar-refractivity contribution is 0.478. The maximum absolute atomic E-state index is 13.8. The number of aromatic amines is 1. The van der Waals surface area contributed by atoms with Crippen molar-refractivity contribution in [3.8, 4) is 11.8 Å². The van der Waals surface area contributed by atoms with Crippen LogP contribution in [0.3, 0.4) is 0 Å². The van der Waals surface area contributed by atoms with Gasteiger partial charge < -0.3 is 10.1 Å². The summed E-state index contributed by atoms with van der Waals surface area (Å²) >= 11 is 8.64. The van der Waals surface area contributed by atoms with Crippen molar-refractivity contribution in [2.24, 2.45) is 0 Å². The number of aromatic nitrogens is 1. The molecule has 4 nitrogen and oxygen atoms in total. The van der Waals surface area contributed by atoms with Crippen LogP contribution < -0.4 is 5.56 Å². The molecule has 0 aliphatic heterocycles. The third kappa shape index (κ3) is 1.68. The van der Waals surface area contributed by atoms with Crippen LogP contribution in [0.5, 0.6) is 5.75 Å². The van der Waals surface area contributed by atoms with E-state index in [0.29, 0.717) is 0 Å². The van der Waals surface area contributed by atoms with Crippen molar-refractivity contribution in [1.82, 2.24) is 4.98 Å². The smallest absolute Gasteiger partial charge is 0.270 e. The number of aromatic hydroxyl groups is 1. The van der Waals surface area contributed by atoms with Crippen LogP contribution in [0.4, 0.5) is 4.39 Å². The van der Waals surface area contributed by atoms with Gasteiger partial charge in [0.1, 0.15) is 11.8 Å². The van der Waals surface area contributed by atoms with Gasteiger partial charge in [0.2, 0.25) is 0 Å².